The summed E-state index contributed by atoms with van der Waals surface area (Å²) in [5, 5.41) is 3.06. The summed E-state index contributed by atoms with van der Waals surface area (Å²) in [6.07, 6.45) is 1.43. The van der Waals surface area contributed by atoms with Crippen LogP contribution in [0.1, 0.15) is 35.1 Å². The van der Waals surface area contributed by atoms with E-state index in [1.54, 1.807) is 0 Å². The van der Waals surface area contributed by atoms with Crippen molar-refractivity contribution >= 4 is 23.4 Å². The zero-order chi connectivity index (χ0) is 18.9. The minimum Gasteiger partial charge on any atom is -0.493 e. The SMILES string of the molecule is Cc1cccc(OCCSCCCC(=O)Nc2c(C)cc(C)cc2C)c1. The van der Waals surface area contributed by atoms with E-state index in [9.17, 15) is 4.79 Å². The number of hydrogen-bond acceptors (Lipinski definition) is 3. The average Bonchev–Trinajstić information content (AvgIpc) is 2.57. The van der Waals surface area contributed by atoms with Crippen molar-refractivity contribution in [1.29, 1.82) is 0 Å². The van der Waals surface area contributed by atoms with Crippen molar-refractivity contribution in [2.24, 2.45) is 0 Å². The number of rotatable bonds is 9. The Labute approximate surface area is 161 Å². The Balaban J connectivity index is 1.60. The fraction of sp³-hybridized carbons (Fsp3) is 0.409. The van der Waals surface area contributed by atoms with Crippen molar-refractivity contribution < 1.29 is 9.53 Å². The van der Waals surface area contributed by atoms with Crippen molar-refractivity contribution in [3.8, 4) is 5.75 Å². The maximum absolute atomic E-state index is 12.2. The van der Waals surface area contributed by atoms with E-state index in [2.05, 4.69) is 37.4 Å². The Morgan fingerprint density at radius 1 is 1.00 bits per heavy atom. The second-order valence-corrected chi connectivity index (χ2v) is 7.93. The molecule has 4 heteroatoms. The van der Waals surface area contributed by atoms with Crippen LogP contribution >= 0.6 is 11.8 Å². The molecule has 0 radical (unpaired) electrons. The van der Waals surface area contributed by atoms with Gasteiger partial charge in [-0.3, -0.25) is 4.79 Å². The van der Waals surface area contributed by atoms with Gasteiger partial charge in [0.15, 0.2) is 0 Å². The maximum atomic E-state index is 12.2. The molecule has 26 heavy (non-hydrogen) atoms. The van der Waals surface area contributed by atoms with Gasteiger partial charge in [0.05, 0.1) is 6.61 Å². The second-order valence-electron chi connectivity index (χ2n) is 6.70. The molecule has 0 atom stereocenters. The number of anilines is 1. The lowest BCUT2D eigenvalue weighted by Crippen LogP contribution is -2.13. The Kier molecular flexibility index (Phi) is 8.05. The molecule has 140 valence electrons. The Hall–Kier alpha value is -1.94. The van der Waals surface area contributed by atoms with Gasteiger partial charge in [-0.1, -0.05) is 29.8 Å². The predicted molar refractivity (Wildman–Crippen MR) is 113 cm³/mol. The summed E-state index contributed by atoms with van der Waals surface area (Å²) in [7, 11) is 0. The lowest BCUT2D eigenvalue weighted by molar-refractivity contribution is -0.116. The van der Waals surface area contributed by atoms with Gasteiger partial charge in [-0.2, -0.15) is 11.8 Å². The van der Waals surface area contributed by atoms with E-state index in [4.69, 9.17) is 4.74 Å². The van der Waals surface area contributed by atoms with Crippen molar-refractivity contribution in [2.75, 3.05) is 23.4 Å². The molecule has 0 aliphatic carbocycles. The molecule has 2 aromatic carbocycles. The highest BCUT2D eigenvalue weighted by molar-refractivity contribution is 7.99. The third-order valence-corrected chi connectivity index (χ3v) is 5.15. The summed E-state index contributed by atoms with van der Waals surface area (Å²) in [6, 6.07) is 12.3. The number of nitrogens with one attached hydrogen (secondary N) is 1. The van der Waals surface area contributed by atoms with Crippen LogP contribution in [0, 0.1) is 27.7 Å². The minimum absolute atomic E-state index is 0.0941. The summed E-state index contributed by atoms with van der Waals surface area (Å²) >= 11 is 1.83. The quantitative estimate of drug-likeness (QED) is 0.596. The lowest BCUT2D eigenvalue weighted by Gasteiger charge is -2.12. The Bertz CT molecular complexity index is 720. The van der Waals surface area contributed by atoms with Gasteiger partial charge in [-0.15, -0.1) is 0 Å². The summed E-state index contributed by atoms with van der Waals surface area (Å²) in [4.78, 5) is 12.2. The molecule has 1 N–H and O–H groups in total. The van der Waals surface area contributed by atoms with E-state index >= 15 is 0 Å². The fourth-order valence-electron chi connectivity index (χ4n) is 2.94. The first-order valence-electron chi connectivity index (χ1n) is 9.10. The molecule has 0 aliphatic heterocycles. The van der Waals surface area contributed by atoms with Gasteiger partial charge in [-0.05, 0) is 68.7 Å². The van der Waals surface area contributed by atoms with Crippen LogP contribution < -0.4 is 10.1 Å². The molecular weight excluding hydrogens is 342 g/mol. The predicted octanol–water partition coefficient (Wildman–Crippen LogP) is 5.45. The van der Waals surface area contributed by atoms with Crippen LogP contribution in [-0.2, 0) is 4.79 Å². The topological polar surface area (TPSA) is 38.3 Å². The summed E-state index contributed by atoms with van der Waals surface area (Å²) < 4.78 is 5.73. The van der Waals surface area contributed by atoms with Crippen LogP contribution in [0.2, 0.25) is 0 Å². The Morgan fingerprint density at radius 3 is 2.42 bits per heavy atom. The standard InChI is InChI=1S/C22H29NO2S/c1-16-7-5-8-20(15-16)25-10-12-26-11-6-9-21(24)23-22-18(3)13-17(2)14-19(22)4/h5,7-8,13-15H,6,9-12H2,1-4H3,(H,23,24). The van der Waals surface area contributed by atoms with Gasteiger partial charge in [0.1, 0.15) is 5.75 Å². The Morgan fingerprint density at radius 2 is 1.73 bits per heavy atom. The molecule has 2 rings (SSSR count). The summed E-state index contributed by atoms with van der Waals surface area (Å²) in [5.74, 6) is 2.92. The maximum Gasteiger partial charge on any atom is 0.224 e. The van der Waals surface area contributed by atoms with Crippen LogP contribution in [0.25, 0.3) is 0 Å². The lowest BCUT2D eigenvalue weighted by atomic mass is 10.0. The van der Waals surface area contributed by atoms with E-state index in [0.29, 0.717) is 13.0 Å². The highest BCUT2D eigenvalue weighted by Crippen LogP contribution is 2.22. The van der Waals surface area contributed by atoms with Crippen LogP contribution in [0.15, 0.2) is 36.4 Å². The minimum atomic E-state index is 0.0941. The first-order chi connectivity index (χ1) is 12.5. The number of hydrogen-bond donors (Lipinski definition) is 1. The van der Waals surface area contributed by atoms with Gasteiger partial charge < -0.3 is 10.1 Å². The van der Waals surface area contributed by atoms with Crippen molar-refractivity contribution in [1.82, 2.24) is 0 Å². The molecule has 1 amide bonds. The molecule has 0 heterocycles. The van der Waals surface area contributed by atoms with Crippen LogP contribution in [0.4, 0.5) is 5.69 Å². The molecule has 0 bridgehead atoms. The zero-order valence-corrected chi connectivity index (χ0v) is 17.0. The van der Waals surface area contributed by atoms with Crippen LogP contribution in [0.5, 0.6) is 5.75 Å². The summed E-state index contributed by atoms with van der Waals surface area (Å²) in [6.45, 7) is 8.92. The molecule has 0 unspecified atom stereocenters. The average molecular weight is 372 g/mol. The normalized spacial score (nSPS) is 10.6. The van der Waals surface area contributed by atoms with E-state index < -0.39 is 0 Å². The summed E-state index contributed by atoms with van der Waals surface area (Å²) in [5.41, 5.74) is 5.64. The number of amides is 1. The van der Waals surface area contributed by atoms with E-state index in [0.717, 1.165) is 40.5 Å². The molecule has 2 aromatic rings. The highest BCUT2D eigenvalue weighted by Gasteiger charge is 2.08. The van der Waals surface area contributed by atoms with Crippen LogP contribution in [-0.4, -0.2) is 24.0 Å². The molecule has 0 aromatic heterocycles. The van der Waals surface area contributed by atoms with E-state index in [1.807, 2.05) is 43.8 Å². The molecule has 0 aliphatic rings. The van der Waals surface area contributed by atoms with Crippen molar-refractivity contribution in [3.05, 3.63) is 58.7 Å². The van der Waals surface area contributed by atoms with Gasteiger partial charge in [0.2, 0.25) is 5.91 Å². The number of carbonyl (C=O) groups excluding carboxylic acids is 1. The molecule has 0 fully saturated rings. The number of ether oxygens (including phenoxy) is 1. The highest BCUT2D eigenvalue weighted by atomic mass is 32.2. The molecule has 0 spiro atoms. The monoisotopic (exact) mass is 371 g/mol. The first-order valence-corrected chi connectivity index (χ1v) is 10.3. The molecule has 0 saturated heterocycles. The second kappa shape index (κ2) is 10.3. The third kappa shape index (κ3) is 6.75. The van der Waals surface area contributed by atoms with Crippen molar-refractivity contribution in [3.63, 3.8) is 0 Å². The number of aryl methyl sites for hydroxylation is 4. The molecular formula is C22H29NO2S. The van der Waals surface area contributed by atoms with Gasteiger partial charge in [0, 0.05) is 17.9 Å². The van der Waals surface area contributed by atoms with Crippen molar-refractivity contribution in [2.45, 2.75) is 40.5 Å². The van der Waals surface area contributed by atoms with E-state index in [-0.39, 0.29) is 5.91 Å². The smallest absolute Gasteiger partial charge is 0.224 e. The third-order valence-electron chi connectivity index (χ3n) is 4.12. The molecule has 0 saturated carbocycles. The number of carbonyl (C=O) groups is 1. The molecule has 3 nitrogen and oxygen atoms in total. The van der Waals surface area contributed by atoms with E-state index in [1.165, 1.54) is 11.1 Å². The number of thioether (sulfide) groups is 1. The van der Waals surface area contributed by atoms with Crippen LogP contribution in [0.3, 0.4) is 0 Å². The number of benzene rings is 2. The first kappa shape index (κ1) is 20.4. The van der Waals surface area contributed by atoms with Gasteiger partial charge >= 0.3 is 0 Å². The van der Waals surface area contributed by atoms with Gasteiger partial charge in [-0.25, -0.2) is 0 Å². The largest absolute Gasteiger partial charge is 0.493 e. The fourth-order valence-corrected chi connectivity index (χ4v) is 3.69. The zero-order valence-electron chi connectivity index (χ0n) is 16.2. The van der Waals surface area contributed by atoms with Gasteiger partial charge in [0.25, 0.3) is 0 Å².